The van der Waals surface area contributed by atoms with Crippen molar-refractivity contribution in [3.8, 4) is 0 Å². The number of carbonyl (C=O) groups is 1. The normalized spacial score (nSPS) is 11.1. The van der Waals surface area contributed by atoms with Gasteiger partial charge in [0, 0.05) is 24.7 Å². The molecular weight excluding hydrogens is 471 g/mol. The zero-order valence-corrected chi connectivity index (χ0v) is 18.9. The van der Waals surface area contributed by atoms with Gasteiger partial charge in [0.1, 0.15) is 6.54 Å². The average Bonchev–Trinajstić information content (AvgIpc) is 3.14. The molecule has 0 atom stereocenters. The number of guanidine groups is 1. The van der Waals surface area contributed by atoms with Crippen LogP contribution in [0.3, 0.4) is 0 Å². The van der Waals surface area contributed by atoms with Gasteiger partial charge in [-0.05, 0) is 31.9 Å². The molecule has 8 nitrogen and oxygen atoms in total. The molecule has 3 N–H and O–H groups in total. The van der Waals surface area contributed by atoms with Crippen molar-refractivity contribution in [2.24, 2.45) is 4.99 Å². The monoisotopic (exact) mass is 500 g/mol. The maximum atomic E-state index is 12.0. The average molecular weight is 500 g/mol. The van der Waals surface area contributed by atoms with Gasteiger partial charge in [0.2, 0.25) is 5.91 Å². The first-order valence-corrected chi connectivity index (χ1v) is 9.33. The van der Waals surface area contributed by atoms with Gasteiger partial charge in [-0.2, -0.15) is 0 Å². The summed E-state index contributed by atoms with van der Waals surface area (Å²) < 4.78 is 5.40. The number of carbonyl (C=O) groups excluding carboxylic acids is 1. The van der Waals surface area contributed by atoms with Gasteiger partial charge < -0.3 is 20.5 Å². The van der Waals surface area contributed by atoms with Crippen molar-refractivity contribution in [3.05, 3.63) is 42.0 Å². The third-order valence-corrected chi connectivity index (χ3v) is 4.08. The number of hydrogen-bond acceptors (Lipinski definition) is 5. The first kappa shape index (κ1) is 23.9. The van der Waals surface area contributed by atoms with E-state index in [0.717, 1.165) is 24.3 Å². The molecule has 0 bridgehead atoms. The Morgan fingerprint density at radius 1 is 1.25 bits per heavy atom. The van der Waals surface area contributed by atoms with Crippen LogP contribution in [0.2, 0.25) is 0 Å². The van der Waals surface area contributed by atoms with Gasteiger partial charge in [0.15, 0.2) is 11.7 Å². The molecule has 2 aromatic heterocycles. The second-order valence-electron chi connectivity index (χ2n) is 6.07. The number of pyridine rings is 1. The fourth-order valence-corrected chi connectivity index (χ4v) is 2.61. The van der Waals surface area contributed by atoms with Crippen LogP contribution in [0.1, 0.15) is 51.0 Å². The molecule has 0 saturated heterocycles. The summed E-state index contributed by atoms with van der Waals surface area (Å²) in [4.78, 5) is 20.3. The highest BCUT2D eigenvalue weighted by molar-refractivity contribution is 14.0. The van der Waals surface area contributed by atoms with Gasteiger partial charge in [0.25, 0.3) is 0 Å². The minimum atomic E-state index is -0.212. The van der Waals surface area contributed by atoms with Crippen LogP contribution in [0.25, 0.3) is 0 Å². The highest BCUT2D eigenvalue weighted by Gasteiger charge is 2.13. The molecule has 0 spiro atoms. The quantitative estimate of drug-likeness (QED) is 0.277. The van der Waals surface area contributed by atoms with Crippen LogP contribution in [0.15, 0.2) is 40.1 Å². The van der Waals surface area contributed by atoms with E-state index in [1.807, 2.05) is 13.0 Å². The van der Waals surface area contributed by atoms with Crippen LogP contribution in [0, 0.1) is 0 Å². The number of nitrogens with one attached hydrogen (secondary N) is 3. The molecule has 1 amide bonds. The number of halogens is 1. The summed E-state index contributed by atoms with van der Waals surface area (Å²) in [6.45, 7) is 7.39. The number of aromatic nitrogens is 2. The van der Waals surface area contributed by atoms with E-state index in [2.05, 4.69) is 44.9 Å². The molecule has 2 heterocycles. The van der Waals surface area contributed by atoms with Crippen molar-refractivity contribution < 1.29 is 9.32 Å². The van der Waals surface area contributed by atoms with E-state index >= 15 is 0 Å². The second-order valence-corrected chi connectivity index (χ2v) is 6.07. The van der Waals surface area contributed by atoms with E-state index in [0.29, 0.717) is 30.7 Å². The van der Waals surface area contributed by atoms with E-state index in [1.165, 1.54) is 0 Å². The number of aliphatic imine (C=N–C) groups is 1. The molecule has 0 fully saturated rings. The van der Waals surface area contributed by atoms with Gasteiger partial charge in [-0.15, -0.1) is 24.0 Å². The van der Waals surface area contributed by atoms with Crippen molar-refractivity contribution in [1.29, 1.82) is 0 Å². The van der Waals surface area contributed by atoms with Gasteiger partial charge in [-0.3, -0.25) is 9.78 Å². The summed E-state index contributed by atoms with van der Waals surface area (Å²) in [6, 6.07) is 5.51. The molecule has 0 aliphatic rings. The Morgan fingerprint density at radius 3 is 2.68 bits per heavy atom. The minimum absolute atomic E-state index is 0. The molecule has 28 heavy (non-hydrogen) atoms. The molecule has 0 unspecified atom stereocenters. The van der Waals surface area contributed by atoms with Crippen LogP contribution in [0.4, 0.5) is 5.69 Å². The maximum absolute atomic E-state index is 12.0. The SMILES string of the molecule is CCNC(=NCC(=O)Nc1cccnc1)NCc1cc(C(CC)CC)no1.I. The minimum Gasteiger partial charge on any atom is -0.359 e. The van der Waals surface area contributed by atoms with Gasteiger partial charge in [0.05, 0.1) is 24.1 Å². The van der Waals surface area contributed by atoms with Crippen molar-refractivity contribution in [3.63, 3.8) is 0 Å². The van der Waals surface area contributed by atoms with E-state index < -0.39 is 0 Å². The molecule has 154 valence electrons. The van der Waals surface area contributed by atoms with E-state index in [9.17, 15) is 4.79 Å². The fraction of sp³-hybridized carbons (Fsp3) is 0.474. The van der Waals surface area contributed by atoms with Crippen molar-refractivity contribution in [2.45, 2.75) is 46.1 Å². The van der Waals surface area contributed by atoms with Crippen LogP contribution in [-0.4, -0.2) is 35.1 Å². The molecule has 0 aliphatic heterocycles. The summed E-state index contributed by atoms with van der Waals surface area (Å²) in [6.07, 6.45) is 5.31. The highest BCUT2D eigenvalue weighted by atomic mass is 127. The van der Waals surface area contributed by atoms with Crippen LogP contribution in [-0.2, 0) is 11.3 Å². The van der Waals surface area contributed by atoms with Crippen molar-refractivity contribution in [2.75, 3.05) is 18.4 Å². The van der Waals surface area contributed by atoms with Crippen molar-refractivity contribution >= 4 is 41.5 Å². The molecule has 0 aliphatic carbocycles. The summed E-state index contributed by atoms with van der Waals surface area (Å²) in [5, 5.41) is 13.2. The Morgan fingerprint density at radius 2 is 2.04 bits per heavy atom. The molecule has 9 heteroatoms. The molecule has 0 saturated carbocycles. The highest BCUT2D eigenvalue weighted by Crippen LogP contribution is 2.22. The smallest absolute Gasteiger partial charge is 0.246 e. The molecule has 0 radical (unpaired) electrons. The lowest BCUT2D eigenvalue weighted by atomic mass is 9.99. The van der Waals surface area contributed by atoms with E-state index in [-0.39, 0.29) is 36.4 Å². The van der Waals surface area contributed by atoms with E-state index in [1.54, 1.807) is 24.5 Å². The molecular formula is C19H29IN6O2. The first-order chi connectivity index (χ1) is 13.2. The standard InChI is InChI=1S/C19H28N6O2.HI/c1-4-14(5-2)17-10-16(27-25-17)12-22-19(21-6-3)23-13-18(26)24-15-8-7-9-20-11-15;/h7-11,14H,4-6,12-13H2,1-3H3,(H,24,26)(H2,21,22,23);1H. The third kappa shape index (κ3) is 7.83. The van der Waals surface area contributed by atoms with Gasteiger partial charge >= 0.3 is 0 Å². The van der Waals surface area contributed by atoms with Crippen LogP contribution in [0.5, 0.6) is 0 Å². The molecule has 2 rings (SSSR count). The number of hydrogen-bond donors (Lipinski definition) is 3. The van der Waals surface area contributed by atoms with E-state index in [4.69, 9.17) is 4.52 Å². The Bertz CT molecular complexity index is 731. The predicted octanol–water partition coefficient (Wildman–Crippen LogP) is 3.29. The maximum Gasteiger partial charge on any atom is 0.246 e. The van der Waals surface area contributed by atoms with Crippen LogP contribution >= 0.6 is 24.0 Å². The lowest BCUT2D eigenvalue weighted by Crippen LogP contribution is -2.37. The third-order valence-electron chi connectivity index (χ3n) is 4.08. The lowest BCUT2D eigenvalue weighted by molar-refractivity contribution is -0.114. The molecule has 2 aromatic rings. The lowest BCUT2D eigenvalue weighted by Gasteiger charge is -2.10. The second kappa shape index (κ2) is 13.1. The van der Waals surface area contributed by atoms with Gasteiger partial charge in [-0.25, -0.2) is 4.99 Å². The number of anilines is 1. The summed E-state index contributed by atoms with van der Waals surface area (Å²) >= 11 is 0. The Labute approximate surface area is 183 Å². The zero-order valence-electron chi connectivity index (χ0n) is 16.6. The number of rotatable bonds is 9. The number of nitrogens with zero attached hydrogens (tertiary/aromatic N) is 3. The fourth-order valence-electron chi connectivity index (χ4n) is 2.61. The Balaban J connectivity index is 0.00000392. The molecule has 0 aromatic carbocycles. The zero-order chi connectivity index (χ0) is 19.5. The largest absolute Gasteiger partial charge is 0.359 e. The predicted molar refractivity (Wildman–Crippen MR) is 121 cm³/mol. The van der Waals surface area contributed by atoms with Gasteiger partial charge in [-0.1, -0.05) is 19.0 Å². The topological polar surface area (TPSA) is 104 Å². The van der Waals surface area contributed by atoms with Crippen LogP contribution < -0.4 is 16.0 Å². The summed E-state index contributed by atoms with van der Waals surface area (Å²) in [7, 11) is 0. The Kier molecular flexibility index (Phi) is 11.2. The summed E-state index contributed by atoms with van der Waals surface area (Å²) in [5.41, 5.74) is 1.63. The van der Waals surface area contributed by atoms with Crippen molar-refractivity contribution in [1.82, 2.24) is 20.8 Å². The number of amides is 1. The Hall–Kier alpha value is -2.17. The summed E-state index contributed by atoms with van der Waals surface area (Å²) in [5.74, 6) is 1.48. The first-order valence-electron chi connectivity index (χ1n) is 9.33.